The molecule has 1 aliphatic carbocycles. The molecular formula is C58H38N4O2. The monoisotopic (exact) mass is 822 g/mol. The SMILES string of the molecule is Nc1cccc(-c2cccc(-c3nc(-c4ccccc4)nc(-c4ccc(-c5cccc6c5Oc5cc7c(cc5O6)C(c5ccccc5)(c5ccccc5)c5ccccc5-7)cc4)n3)c2)c1. The minimum atomic E-state index is -0.543. The Hall–Kier alpha value is -8.61. The lowest BCUT2D eigenvalue weighted by atomic mass is 9.67. The van der Waals surface area contributed by atoms with Crippen molar-refractivity contribution in [3.63, 3.8) is 0 Å². The first kappa shape index (κ1) is 37.2. The molecule has 0 saturated carbocycles. The summed E-state index contributed by atoms with van der Waals surface area (Å²) in [6, 6.07) is 75.1. The molecule has 0 atom stereocenters. The Morgan fingerprint density at radius 1 is 0.328 bits per heavy atom. The van der Waals surface area contributed by atoms with Gasteiger partial charge in [0.1, 0.15) is 0 Å². The Labute approximate surface area is 371 Å². The molecule has 0 unspecified atom stereocenters. The van der Waals surface area contributed by atoms with Crippen molar-refractivity contribution in [2.45, 2.75) is 5.41 Å². The molecule has 1 aromatic heterocycles. The van der Waals surface area contributed by atoms with Crippen LogP contribution in [0.15, 0.2) is 218 Å². The number of nitrogens with zero attached hydrogens (tertiary/aromatic N) is 3. The van der Waals surface area contributed by atoms with Crippen LogP contribution in [0.25, 0.3) is 67.5 Å². The second kappa shape index (κ2) is 15.1. The van der Waals surface area contributed by atoms with Gasteiger partial charge in [0.05, 0.1) is 5.41 Å². The van der Waals surface area contributed by atoms with Crippen LogP contribution in [0.3, 0.4) is 0 Å². The summed E-state index contributed by atoms with van der Waals surface area (Å²) in [5, 5.41) is 0. The van der Waals surface area contributed by atoms with Gasteiger partial charge in [0.2, 0.25) is 0 Å². The van der Waals surface area contributed by atoms with E-state index in [1.807, 2.05) is 72.8 Å². The Bertz CT molecular complexity index is 3350. The van der Waals surface area contributed by atoms with Crippen LogP contribution in [-0.2, 0) is 5.41 Å². The van der Waals surface area contributed by atoms with Crippen molar-refractivity contribution in [3.05, 3.63) is 241 Å². The van der Waals surface area contributed by atoms with E-state index >= 15 is 0 Å². The number of benzene rings is 9. The summed E-state index contributed by atoms with van der Waals surface area (Å²) in [7, 11) is 0. The third-order valence-electron chi connectivity index (χ3n) is 12.4. The Morgan fingerprint density at radius 3 is 1.55 bits per heavy atom. The van der Waals surface area contributed by atoms with E-state index < -0.39 is 5.41 Å². The molecule has 0 radical (unpaired) electrons. The van der Waals surface area contributed by atoms with Crippen molar-refractivity contribution in [3.8, 4) is 90.5 Å². The van der Waals surface area contributed by atoms with E-state index in [1.165, 1.54) is 22.3 Å². The van der Waals surface area contributed by atoms with Gasteiger partial charge in [0.15, 0.2) is 40.5 Å². The van der Waals surface area contributed by atoms with Crippen LogP contribution < -0.4 is 15.2 Å². The maximum atomic E-state index is 6.91. The van der Waals surface area contributed by atoms with Gasteiger partial charge in [0, 0.05) is 27.9 Å². The van der Waals surface area contributed by atoms with E-state index in [1.54, 1.807) is 0 Å². The maximum Gasteiger partial charge on any atom is 0.177 e. The van der Waals surface area contributed by atoms with Crippen LogP contribution in [0.1, 0.15) is 22.3 Å². The third kappa shape index (κ3) is 6.15. The number of anilines is 1. The Kier molecular flexibility index (Phi) is 8.76. The lowest BCUT2D eigenvalue weighted by Gasteiger charge is -2.34. The normalized spacial score (nSPS) is 12.8. The van der Waals surface area contributed by atoms with Crippen LogP contribution in [0.5, 0.6) is 23.0 Å². The molecule has 2 aliphatic rings. The van der Waals surface area contributed by atoms with Crippen molar-refractivity contribution < 1.29 is 9.47 Å². The van der Waals surface area contributed by atoms with Crippen LogP contribution in [0.4, 0.5) is 5.69 Å². The molecule has 2 heterocycles. The number of rotatable bonds is 7. The minimum absolute atomic E-state index is 0.543. The third-order valence-corrected chi connectivity index (χ3v) is 12.4. The zero-order valence-electron chi connectivity index (χ0n) is 34.5. The maximum absolute atomic E-state index is 6.91. The number of aromatic nitrogens is 3. The fraction of sp³-hybridized carbons (Fsp3) is 0.0172. The lowest BCUT2D eigenvalue weighted by molar-refractivity contribution is 0.360. The highest BCUT2D eigenvalue weighted by atomic mass is 16.6. The summed E-state index contributed by atoms with van der Waals surface area (Å²) in [6.45, 7) is 0. The molecule has 6 heteroatoms. The van der Waals surface area contributed by atoms with E-state index in [9.17, 15) is 0 Å². The van der Waals surface area contributed by atoms with Gasteiger partial charge in [-0.25, -0.2) is 15.0 Å². The van der Waals surface area contributed by atoms with Gasteiger partial charge >= 0.3 is 0 Å². The number of para-hydroxylation sites is 1. The average Bonchev–Trinajstić information content (AvgIpc) is 3.65. The first-order valence-corrected chi connectivity index (χ1v) is 21.4. The lowest BCUT2D eigenvalue weighted by Crippen LogP contribution is -2.28. The van der Waals surface area contributed by atoms with Crippen molar-refractivity contribution in [2.24, 2.45) is 0 Å². The number of nitrogens with two attached hydrogens (primary N) is 1. The number of nitrogen functional groups attached to an aromatic ring is 1. The minimum Gasteiger partial charge on any atom is -0.449 e. The summed E-state index contributed by atoms with van der Waals surface area (Å²) in [6.07, 6.45) is 0. The van der Waals surface area contributed by atoms with Crippen molar-refractivity contribution in [2.75, 3.05) is 5.73 Å². The van der Waals surface area contributed by atoms with Gasteiger partial charge < -0.3 is 15.2 Å². The molecule has 0 spiro atoms. The highest BCUT2D eigenvalue weighted by Gasteiger charge is 2.47. The number of hydrogen-bond donors (Lipinski definition) is 1. The van der Waals surface area contributed by atoms with Crippen molar-refractivity contribution in [1.82, 2.24) is 15.0 Å². The van der Waals surface area contributed by atoms with Crippen LogP contribution in [0.2, 0.25) is 0 Å². The predicted octanol–water partition coefficient (Wildman–Crippen LogP) is 14.0. The number of hydrogen-bond acceptors (Lipinski definition) is 6. The summed E-state index contributed by atoms with van der Waals surface area (Å²) < 4.78 is 13.7. The molecular weight excluding hydrogens is 785 g/mol. The summed E-state index contributed by atoms with van der Waals surface area (Å²) in [5.74, 6) is 4.43. The van der Waals surface area contributed by atoms with Crippen LogP contribution >= 0.6 is 0 Å². The molecule has 0 bridgehead atoms. The molecule has 0 fully saturated rings. The average molecular weight is 823 g/mol. The van der Waals surface area contributed by atoms with E-state index in [4.69, 9.17) is 30.2 Å². The molecule has 12 rings (SSSR count). The summed E-state index contributed by atoms with van der Waals surface area (Å²) in [4.78, 5) is 15.0. The van der Waals surface area contributed by atoms with E-state index in [-0.39, 0.29) is 0 Å². The smallest absolute Gasteiger partial charge is 0.177 e. The largest absolute Gasteiger partial charge is 0.449 e. The molecule has 64 heavy (non-hydrogen) atoms. The standard InChI is InChI=1S/C58H38N4O2/c59-45-24-13-18-41(34-45)40-17-12-19-42(33-40)57-61-55(38-15-4-1-5-16-38)60-56(62-57)39-31-29-37(30-32-39)46-26-14-28-51-54(46)64-52-35-48-47-25-10-11-27-49(47)58(43-20-6-2-7-21-43,44-22-8-3-9-23-44)50(48)36-53(52)63-51/h1-36H,59H2. The number of fused-ring (bicyclic) bond motifs is 5. The second-order valence-corrected chi connectivity index (χ2v) is 16.2. The highest BCUT2D eigenvalue weighted by Crippen LogP contribution is 2.60. The molecule has 302 valence electrons. The predicted molar refractivity (Wildman–Crippen MR) is 255 cm³/mol. The highest BCUT2D eigenvalue weighted by molar-refractivity contribution is 5.89. The van der Waals surface area contributed by atoms with Gasteiger partial charge in [-0.15, -0.1) is 0 Å². The fourth-order valence-electron chi connectivity index (χ4n) is 9.47. The molecule has 2 N–H and O–H groups in total. The summed E-state index contributed by atoms with van der Waals surface area (Å²) in [5.41, 5.74) is 20.0. The summed E-state index contributed by atoms with van der Waals surface area (Å²) >= 11 is 0. The van der Waals surface area contributed by atoms with Crippen LogP contribution in [0, 0.1) is 0 Å². The number of ether oxygens (including phenoxy) is 2. The topological polar surface area (TPSA) is 83.2 Å². The van der Waals surface area contributed by atoms with E-state index in [0.29, 0.717) is 46.2 Å². The zero-order valence-corrected chi connectivity index (χ0v) is 34.5. The zero-order chi connectivity index (χ0) is 42.6. The Morgan fingerprint density at radius 2 is 0.844 bits per heavy atom. The van der Waals surface area contributed by atoms with Gasteiger partial charge in [-0.2, -0.15) is 0 Å². The second-order valence-electron chi connectivity index (χ2n) is 16.2. The first-order valence-electron chi connectivity index (χ1n) is 21.4. The molecule has 10 aromatic rings. The molecule has 6 nitrogen and oxygen atoms in total. The Balaban J connectivity index is 0.917. The van der Waals surface area contributed by atoms with Gasteiger partial charge in [-0.05, 0) is 86.5 Å². The van der Waals surface area contributed by atoms with E-state index in [0.717, 1.165) is 50.1 Å². The molecule has 0 amide bonds. The van der Waals surface area contributed by atoms with Crippen LogP contribution in [-0.4, -0.2) is 15.0 Å². The van der Waals surface area contributed by atoms with Crippen molar-refractivity contribution >= 4 is 5.69 Å². The molecule has 9 aromatic carbocycles. The quantitative estimate of drug-likeness (QED) is 0.161. The van der Waals surface area contributed by atoms with Gasteiger partial charge in [-0.3, -0.25) is 0 Å². The van der Waals surface area contributed by atoms with E-state index in [2.05, 4.69) is 146 Å². The molecule has 0 saturated heterocycles. The van der Waals surface area contributed by atoms with Gasteiger partial charge in [-0.1, -0.05) is 182 Å². The van der Waals surface area contributed by atoms with Gasteiger partial charge in [0.25, 0.3) is 0 Å². The molecule has 1 aliphatic heterocycles. The van der Waals surface area contributed by atoms with Crippen molar-refractivity contribution in [1.29, 1.82) is 0 Å². The fourth-order valence-corrected chi connectivity index (χ4v) is 9.47. The first-order chi connectivity index (χ1) is 31.6.